The van der Waals surface area contributed by atoms with Gasteiger partial charge >= 0.3 is 0 Å². The van der Waals surface area contributed by atoms with Crippen molar-refractivity contribution in [1.82, 2.24) is 19.7 Å². The lowest BCUT2D eigenvalue weighted by Crippen LogP contribution is -2.00. The first-order valence-corrected chi connectivity index (χ1v) is 7.80. The van der Waals surface area contributed by atoms with Crippen molar-refractivity contribution >= 4 is 23.4 Å². The Morgan fingerprint density at radius 3 is 2.52 bits per heavy atom. The molecule has 4 nitrogen and oxygen atoms in total. The predicted octanol–water partition coefficient (Wildman–Crippen LogP) is 3.92. The molecule has 0 fully saturated rings. The Bertz CT molecular complexity index is 722. The van der Waals surface area contributed by atoms with Crippen LogP contribution in [-0.4, -0.2) is 19.7 Å². The van der Waals surface area contributed by atoms with E-state index >= 15 is 0 Å². The van der Waals surface area contributed by atoms with Gasteiger partial charge in [0.25, 0.3) is 0 Å². The first kappa shape index (κ1) is 14.1. The van der Waals surface area contributed by atoms with Crippen LogP contribution < -0.4 is 0 Å². The molecule has 6 heteroatoms. The fourth-order valence-corrected chi connectivity index (χ4v) is 2.77. The summed E-state index contributed by atoms with van der Waals surface area (Å²) in [5.41, 5.74) is 1.21. The standard InChI is InChI=1S/C15H13ClN4S/c1-11-17-8-9-20(11)14-6-7-15(19-18-14)21-10-12-2-4-13(16)5-3-12/h2-9H,10H2,1H3. The third-order valence-corrected chi connectivity index (χ3v) is 4.24. The van der Waals surface area contributed by atoms with Crippen molar-refractivity contribution in [1.29, 1.82) is 0 Å². The van der Waals surface area contributed by atoms with Crippen molar-refractivity contribution in [2.24, 2.45) is 0 Å². The summed E-state index contributed by atoms with van der Waals surface area (Å²) >= 11 is 7.52. The minimum Gasteiger partial charge on any atom is -0.287 e. The van der Waals surface area contributed by atoms with Gasteiger partial charge in [-0.25, -0.2) is 4.98 Å². The molecule has 0 saturated heterocycles. The second kappa shape index (κ2) is 6.28. The Morgan fingerprint density at radius 1 is 1.10 bits per heavy atom. The van der Waals surface area contributed by atoms with Crippen LogP contribution in [0.5, 0.6) is 0 Å². The predicted molar refractivity (Wildman–Crippen MR) is 84.9 cm³/mol. The van der Waals surface area contributed by atoms with E-state index in [-0.39, 0.29) is 0 Å². The molecule has 0 saturated carbocycles. The molecule has 0 amide bonds. The SMILES string of the molecule is Cc1nccn1-c1ccc(SCc2ccc(Cl)cc2)nn1. The van der Waals surface area contributed by atoms with Crippen molar-refractivity contribution in [3.05, 3.63) is 65.2 Å². The first-order chi connectivity index (χ1) is 10.2. The number of thioether (sulfide) groups is 1. The molecule has 0 aliphatic rings. The average molecular weight is 317 g/mol. The zero-order chi connectivity index (χ0) is 14.7. The summed E-state index contributed by atoms with van der Waals surface area (Å²) < 4.78 is 1.90. The third-order valence-electron chi connectivity index (χ3n) is 3.00. The molecular formula is C15H13ClN4S. The van der Waals surface area contributed by atoms with Gasteiger partial charge in [-0.2, -0.15) is 0 Å². The normalized spacial score (nSPS) is 10.8. The molecule has 3 aromatic rings. The van der Waals surface area contributed by atoms with E-state index in [1.165, 1.54) is 5.56 Å². The zero-order valence-corrected chi connectivity index (χ0v) is 13.0. The summed E-state index contributed by atoms with van der Waals surface area (Å²) in [6, 6.07) is 11.8. The molecule has 0 bridgehead atoms. The Labute approximate surface area is 132 Å². The van der Waals surface area contributed by atoms with Crippen LogP contribution in [0.25, 0.3) is 5.82 Å². The van der Waals surface area contributed by atoms with E-state index < -0.39 is 0 Å². The molecule has 0 spiro atoms. The van der Waals surface area contributed by atoms with Crippen LogP contribution in [0.15, 0.2) is 53.8 Å². The number of aromatic nitrogens is 4. The average Bonchev–Trinajstić information content (AvgIpc) is 2.93. The van der Waals surface area contributed by atoms with Crippen LogP contribution >= 0.6 is 23.4 Å². The number of halogens is 1. The molecule has 0 N–H and O–H groups in total. The Balaban J connectivity index is 1.67. The zero-order valence-electron chi connectivity index (χ0n) is 11.4. The van der Waals surface area contributed by atoms with Crippen LogP contribution in [0.3, 0.4) is 0 Å². The molecule has 2 aromatic heterocycles. The number of nitrogens with zero attached hydrogens (tertiary/aromatic N) is 4. The number of hydrogen-bond donors (Lipinski definition) is 0. The molecular weight excluding hydrogens is 304 g/mol. The summed E-state index contributed by atoms with van der Waals surface area (Å²) in [6.07, 6.45) is 3.63. The highest BCUT2D eigenvalue weighted by molar-refractivity contribution is 7.98. The Morgan fingerprint density at radius 2 is 1.90 bits per heavy atom. The lowest BCUT2D eigenvalue weighted by Gasteiger charge is -2.04. The van der Waals surface area contributed by atoms with Gasteiger partial charge in [0.1, 0.15) is 10.9 Å². The second-order valence-corrected chi connectivity index (χ2v) is 5.92. The van der Waals surface area contributed by atoms with E-state index in [1.54, 1.807) is 18.0 Å². The summed E-state index contributed by atoms with van der Waals surface area (Å²) in [4.78, 5) is 4.18. The first-order valence-electron chi connectivity index (χ1n) is 6.44. The van der Waals surface area contributed by atoms with Crippen LogP contribution in [0, 0.1) is 6.92 Å². The molecule has 2 heterocycles. The summed E-state index contributed by atoms with van der Waals surface area (Å²) in [6.45, 7) is 1.94. The molecule has 106 valence electrons. The van der Waals surface area contributed by atoms with Gasteiger partial charge < -0.3 is 0 Å². The molecule has 1 aromatic carbocycles. The van der Waals surface area contributed by atoms with Crippen molar-refractivity contribution in [3.8, 4) is 5.82 Å². The highest BCUT2D eigenvalue weighted by atomic mass is 35.5. The molecule has 0 radical (unpaired) electrons. The van der Waals surface area contributed by atoms with E-state index in [0.29, 0.717) is 0 Å². The maximum atomic E-state index is 5.87. The van der Waals surface area contributed by atoms with Gasteiger partial charge in [-0.05, 0) is 36.8 Å². The highest BCUT2D eigenvalue weighted by Crippen LogP contribution is 2.21. The van der Waals surface area contributed by atoms with Gasteiger partial charge in [0, 0.05) is 23.2 Å². The second-order valence-electron chi connectivity index (χ2n) is 4.49. The molecule has 3 rings (SSSR count). The topological polar surface area (TPSA) is 43.6 Å². The summed E-state index contributed by atoms with van der Waals surface area (Å²) in [5, 5.41) is 10.1. The maximum Gasteiger partial charge on any atom is 0.160 e. The lowest BCUT2D eigenvalue weighted by molar-refractivity contribution is 0.841. The molecule has 0 aliphatic carbocycles. The van der Waals surface area contributed by atoms with Gasteiger partial charge in [0.15, 0.2) is 5.82 Å². The molecule has 0 atom stereocenters. The Hall–Kier alpha value is -1.85. The summed E-state index contributed by atoms with van der Waals surface area (Å²) in [7, 11) is 0. The van der Waals surface area contributed by atoms with E-state index in [1.807, 2.05) is 54.1 Å². The van der Waals surface area contributed by atoms with E-state index in [4.69, 9.17) is 11.6 Å². The van der Waals surface area contributed by atoms with E-state index in [0.717, 1.165) is 27.4 Å². The largest absolute Gasteiger partial charge is 0.287 e. The van der Waals surface area contributed by atoms with E-state index in [9.17, 15) is 0 Å². The quantitative estimate of drug-likeness (QED) is 0.684. The number of benzene rings is 1. The Kier molecular flexibility index (Phi) is 4.22. The maximum absolute atomic E-state index is 5.87. The number of aryl methyl sites for hydroxylation is 1. The summed E-state index contributed by atoms with van der Waals surface area (Å²) in [5.74, 6) is 2.52. The minimum absolute atomic E-state index is 0.753. The van der Waals surface area contributed by atoms with Crippen molar-refractivity contribution in [2.75, 3.05) is 0 Å². The highest BCUT2D eigenvalue weighted by Gasteiger charge is 2.04. The lowest BCUT2D eigenvalue weighted by atomic mass is 10.2. The van der Waals surface area contributed by atoms with Gasteiger partial charge in [-0.1, -0.05) is 35.5 Å². The van der Waals surface area contributed by atoms with Crippen LogP contribution in [-0.2, 0) is 5.75 Å². The van der Waals surface area contributed by atoms with Crippen LogP contribution in [0.2, 0.25) is 5.02 Å². The van der Waals surface area contributed by atoms with Gasteiger partial charge in [-0.15, -0.1) is 10.2 Å². The van der Waals surface area contributed by atoms with Crippen molar-refractivity contribution in [3.63, 3.8) is 0 Å². The van der Waals surface area contributed by atoms with Crippen molar-refractivity contribution < 1.29 is 0 Å². The van der Waals surface area contributed by atoms with Crippen molar-refractivity contribution in [2.45, 2.75) is 17.7 Å². The smallest absolute Gasteiger partial charge is 0.160 e. The number of hydrogen-bond acceptors (Lipinski definition) is 4. The fourth-order valence-electron chi connectivity index (χ4n) is 1.88. The van der Waals surface area contributed by atoms with Crippen LogP contribution in [0.4, 0.5) is 0 Å². The van der Waals surface area contributed by atoms with E-state index in [2.05, 4.69) is 15.2 Å². The minimum atomic E-state index is 0.753. The third kappa shape index (κ3) is 3.43. The number of rotatable bonds is 4. The molecule has 0 unspecified atom stereocenters. The monoisotopic (exact) mass is 316 g/mol. The molecule has 0 aliphatic heterocycles. The molecule has 21 heavy (non-hydrogen) atoms. The fraction of sp³-hybridized carbons (Fsp3) is 0.133. The van der Waals surface area contributed by atoms with Gasteiger partial charge in [0.05, 0.1) is 0 Å². The van der Waals surface area contributed by atoms with Gasteiger partial charge in [-0.3, -0.25) is 4.57 Å². The van der Waals surface area contributed by atoms with Crippen LogP contribution in [0.1, 0.15) is 11.4 Å². The van der Waals surface area contributed by atoms with Gasteiger partial charge in [0.2, 0.25) is 0 Å². The number of imidazole rings is 1.